The molecule has 2 aliphatic heterocycles. The van der Waals surface area contributed by atoms with E-state index in [1.807, 2.05) is 13.0 Å². The first kappa shape index (κ1) is 41.3. The molecule has 5 N–H and O–H groups in total. The lowest BCUT2D eigenvalue weighted by Gasteiger charge is -2.29. The highest BCUT2D eigenvalue weighted by molar-refractivity contribution is 6.34. The zero-order valence-corrected chi connectivity index (χ0v) is 33.0. The number of anilines is 3. The summed E-state index contributed by atoms with van der Waals surface area (Å²) in [5, 5.41) is 17.4. The van der Waals surface area contributed by atoms with Crippen LogP contribution in [0.4, 0.5) is 30.5 Å². The molecule has 0 bridgehead atoms. The minimum absolute atomic E-state index is 0.0198. The van der Waals surface area contributed by atoms with Crippen molar-refractivity contribution >= 4 is 69.5 Å². The van der Waals surface area contributed by atoms with Crippen molar-refractivity contribution < 1.29 is 27.6 Å². The van der Waals surface area contributed by atoms with Gasteiger partial charge >= 0.3 is 11.4 Å². The summed E-state index contributed by atoms with van der Waals surface area (Å²) in [6.07, 6.45) is 4.75. The van der Waals surface area contributed by atoms with Crippen molar-refractivity contribution in [1.82, 2.24) is 34.1 Å². The monoisotopic (exact) mass is 846 g/mol. The molecule has 60 heavy (non-hydrogen) atoms. The Labute approximate surface area is 343 Å². The second-order valence-electron chi connectivity index (χ2n) is 14.3. The molecule has 312 valence electrons. The number of nitrogens with one attached hydrogen (secondary N) is 3. The van der Waals surface area contributed by atoms with E-state index in [2.05, 4.69) is 36.1 Å². The number of benzene rings is 3. The molecule has 3 amide bonds. The van der Waals surface area contributed by atoms with Crippen LogP contribution in [0.3, 0.4) is 0 Å². The van der Waals surface area contributed by atoms with Crippen molar-refractivity contribution in [3.8, 4) is 0 Å². The fourth-order valence-electron chi connectivity index (χ4n) is 7.20. The van der Waals surface area contributed by atoms with Crippen LogP contribution in [0.2, 0.25) is 5.02 Å². The number of amides is 3. The van der Waals surface area contributed by atoms with Gasteiger partial charge in [-0.3, -0.25) is 33.9 Å². The molecule has 0 spiro atoms. The van der Waals surface area contributed by atoms with E-state index in [9.17, 15) is 37.1 Å². The van der Waals surface area contributed by atoms with Crippen LogP contribution in [0.15, 0.2) is 68.3 Å². The number of carbonyl (C=O) groups is 3. The maximum atomic E-state index is 14.9. The Morgan fingerprint density at radius 1 is 1.07 bits per heavy atom. The van der Waals surface area contributed by atoms with Crippen LogP contribution in [-0.2, 0) is 36.3 Å². The predicted octanol–water partition coefficient (Wildman–Crippen LogP) is 3.58. The second kappa shape index (κ2) is 17.2. The molecule has 2 aromatic heterocycles. The van der Waals surface area contributed by atoms with Gasteiger partial charge in [-0.25, -0.2) is 27.3 Å². The van der Waals surface area contributed by atoms with Gasteiger partial charge in [-0.05, 0) is 43.2 Å². The summed E-state index contributed by atoms with van der Waals surface area (Å²) in [7, 11) is 1.71. The minimum atomic E-state index is -1.43. The van der Waals surface area contributed by atoms with E-state index in [0.29, 0.717) is 50.8 Å². The molecule has 3 aromatic carbocycles. The summed E-state index contributed by atoms with van der Waals surface area (Å²) in [6, 6.07) is 8.28. The van der Waals surface area contributed by atoms with Crippen LogP contribution in [0.5, 0.6) is 0 Å². The predicted molar refractivity (Wildman–Crippen MR) is 217 cm³/mol. The summed E-state index contributed by atoms with van der Waals surface area (Å²) in [6.45, 7) is 1.11. The Morgan fingerprint density at radius 2 is 1.85 bits per heavy atom. The molecule has 17 nitrogen and oxygen atoms in total. The molecule has 4 heterocycles. The average molecular weight is 847 g/mol. The van der Waals surface area contributed by atoms with Gasteiger partial charge in [0.2, 0.25) is 17.8 Å². The van der Waals surface area contributed by atoms with Gasteiger partial charge in [-0.2, -0.15) is 15.2 Å². The number of carbonyl (C=O) groups excluding carboxylic acids is 3. The summed E-state index contributed by atoms with van der Waals surface area (Å²) in [5.41, 5.74) is 0.0651. The standard InChI is InChI=1S/C39H38ClF3N12O5/c1-3-5-22(46-30-7-4-6-24-25(30)19-53(36(24)58)33-8-9-34(56)48-35(33)57)14-45-15-23(50-44)18-55-38(59)49-37(47-32-11-21-16-52(2)51-31(21)12-26(32)40)54(39(55)60)17-20-10-28(42)29(43)13-27(20)41/h4,6-7,10-13,15-16,22,33,46H,3,5,8-9,14,17-19,44H2,1-2H3,(H,47,49,59)(H,48,56,57). The summed E-state index contributed by atoms with van der Waals surface area (Å²) in [4.78, 5) is 75.2. The maximum absolute atomic E-state index is 14.9. The molecule has 0 saturated carbocycles. The summed E-state index contributed by atoms with van der Waals surface area (Å²) < 4.78 is 46.1. The number of nitrogens with zero attached hydrogens (tertiary/aromatic N) is 8. The molecule has 2 atom stereocenters. The van der Waals surface area contributed by atoms with Gasteiger partial charge in [0.1, 0.15) is 11.9 Å². The van der Waals surface area contributed by atoms with E-state index < -0.39 is 59.4 Å². The third-order valence-corrected chi connectivity index (χ3v) is 10.5. The molecule has 7 rings (SSSR count). The molecule has 21 heteroatoms. The lowest BCUT2D eigenvalue weighted by molar-refractivity contribution is -0.136. The van der Waals surface area contributed by atoms with Gasteiger partial charge in [0.05, 0.1) is 41.6 Å². The Morgan fingerprint density at radius 3 is 2.60 bits per heavy atom. The van der Waals surface area contributed by atoms with Crippen molar-refractivity contribution in [3.63, 3.8) is 0 Å². The highest BCUT2D eigenvalue weighted by Gasteiger charge is 2.40. The molecule has 2 aliphatic rings. The topological polar surface area (TPSA) is 216 Å². The van der Waals surface area contributed by atoms with Crippen molar-refractivity contribution in [1.29, 1.82) is 0 Å². The zero-order chi connectivity index (χ0) is 42.8. The number of hydrogen-bond acceptors (Lipinski definition) is 12. The third kappa shape index (κ3) is 8.49. The fraction of sp³-hybridized carbons (Fsp3) is 0.308. The molecular formula is C39H38ClF3N12O5. The van der Waals surface area contributed by atoms with Crippen LogP contribution in [-0.4, -0.2) is 77.1 Å². The average Bonchev–Trinajstić information content (AvgIpc) is 3.73. The number of rotatable bonds is 14. The number of hydrazone groups is 1. The Balaban J connectivity index is 1.12. The number of aromatic nitrogens is 5. The Kier molecular flexibility index (Phi) is 11.8. The first-order valence-electron chi connectivity index (χ1n) is 18.8. The number of hydrogen-bond donors (Lipinski definition) is 4. The Bertz CT molecular complexity index is 2730. The number of aryl methyl sites for hydroxylation is 1. The first-order chi connectivity index (χ1) is 28.7. The highest BCUT2D eigenvalue weighted by atomic mass is 35.5. The summed E-state index contributed by atoms with van der Waals surface area (Å²) in [5.74, 6) is 0.175. The van der Waals surface area contributed by atoms with Gasteiger partial charge < -0.3 is 21.4 Å². The van der Waals surface area contributed by atoms with E-state index in [4.69, 9.17) is 17.4 Å². The van der Waals surface area contributed by atoms with Gasteiger partial charge in [0, 0.05) is 72.3 Å². The van der Waals surface area contributed by atoms with Crippen LogP contribution < -0.4 is 33.2 Å². The Hall–Kier alpha value is -6.83. The van der Waals surface area contributed by atoms with Crippen molar-refractivity contribution in [2.24, 2.45) is 23.0 Å². The quantitative estimate of drug-likeness (QED) is 0.0419. The minimum Gasteiger partial charge on any atom is -0.380 e. The van der Waals surface area contributed by atoms with E-state index in [1.165, 1.54) is 11.1 Å². The molecule has 5 aromatic rings. The second-order valence-corrected chi connectivity index (χ2v) is 14.7. The van der Waals surface area contributed by atoms with Crippen LogP contribution >= 0.6 is 11.6 Å². The molecule has 1 saturated heterocycles. The van der Waals surface area contributed by atoms with Crippen molar-refractivity contribution in [3.05, 3.63) is 109 Å². The molecule has 1 fully saturated rings. The van der Waals surface area contributed by atoms with Gasteiger partial charge in [0.25, 0.3) is 5.91 Å². The van der Waals surface area contributed by atoms with E-state index in [-0.39, 0.29) is 66.2 Å². The number of nitrogens with two attached hydrogens (primary N) is 1. The van der Waals surface area contributed by atoms with Crippen molar-refractivity contribution in [2.75, 3.05) is 17.2 Å². The highest BCUT2D eigenvalue weighted by Crippen LogP contribution is 2.33. The molecule has 2 unspecified atom stereocenters. The third-order valence-electron chi connectivity index (χ3n) is 10.2. The summed E-state index contributed by atoms with van der Waals surface area (Å²) >= 11 is 6.50. The fourth-order valence-corrected chi connectivity index (χ4v) is 7.41. The van der Waals surface area contributed by atoms with Crippen LogP contribution in [0.1, 0.15) is 54.1 Å². The van der Waals surface area contributed by atoms with Crippen molar-refractivity contribution in [2.45, 2.75) is 64.3 Å². The lowest BCUT2D eigenvalue weighted by atomic mass is 10.0. The SMILES string of the molecule is CCCC(CN=CC(Cn1c(=O)nc(Nc2cc3cn(C)nc3cc2Cl)n(Cc2cc(F)c(F)cc2F)c1=O)=NN)Nc1cccc2c1CN(C1CCC(=O)NC1=O)C2=O. The first-order valence-corrected chi connectivity index (χ1v) is 19.2. The molecule has 0 aliphatic carbocycles. The van der Waals surface area contributed by atoms with E-state index in [0.717, 1.165) is 11.0 Å². The zero-order valence-electron chi connectivity index (χ0n) is 32.2. The number of halogens is 4. The number of imide groups is 1. The van der Waals surface area contributed by atoms with Crippen LogP contribution in [0.25, 0.3) is 10.9 Å². The molecular weight excluding hydrogens is 809 g/mol. The normalized spacial score (nSPS) is 16.2. The number of fused-ring (bicyclic) bond motifs is 2. The smallest absolute Gasteiger partial charge is 0.355 e. The lowest BCUT2D eigenvalue weighted by Crippen LogP contribution is -2.52. The number of piperidine rings is 1. The van der Waals surface area contributed by atoms with Gasteiger partial charge in [-0.1, -0.05) is 31.0 Å². The van der Waals surface area contributed by atoms with Gasteiger partial charge in [0.15, 0.2) is 11.6 Å². The van der Waals surface area contributed by atoms with Gasteiger partial charge in [-0.15, -0.1) is 0 Å². The largest absolute Gasteiger partial charge is 0.380 e. The van der Waals surface area contributed by atoms with Crippen LogP contribution in [0, 0.1) is 17.5 Å². The van der Waals surface area contributed by atoms with E-state index >= 15 is 0 Å². The molecule has 0 radical (unpaired) electrons. The number of aliphatic imine (C=N–C) groups is 1. The maximum Gasteiger partial charge on any atom is 0.355 e. The van der Waals surface area contributed by atoms with E-state index in [1.54, 1.807) is 42.2 Å².